The van der Waals surface area contributed by atoms with Crippen LogP contribution in [0.1, 0.15) is 37.3 Å². The topological polar surface area (TPSA) is 52.6 Å². The minimum absolute atomic E-state index is 0.172. The van der Waals surface area contributed by atoms with E-state index in [2.05, 4.69) is 41.4 Å². The van der Waals surface area contributed by atoms with Crippen molar-refractivity contribution in [3.63, 3.8) is 0 Å². The Kier molecular flexibility index (Phi) is 6.21. The second-order valence-electron chi connectivity index (χ2n) is 6.07. The van der Waals surface area contributed by atoms with E-state index >= 15 is 0 Å². The lowest BCUT2D eigenvalue weighted by atomic mass is 9.99. The Hall–Kier alpha value is -1.39. The third-order valence-corrected chi connectivity index (χ3v) is 4.08. The molecule has 2 N–H and O–H groups in total. The molecule has 0 aliphatic carbocycles. The van der Waals surface area contributed by atoms with Gasteiger partial charge in [-0.2, -0.15) is 0 Å². The number of carboxylic acid groups (broad SMARTS) is 1. The quantitative estimate of drug-likeness (QED) is 0.758. The molecule has 1 aliphatic heterocycles. The van der Waals surface area contributed by atoms with Crippen LogP contribution in [0.4, 0.5) is 0 Å². The Balaban J connectivity index is 1.88. The van der Waals surface area contributed by atoms with E-state index in [9.17, 15) is 4.79 Å². The highest BCUT2D eigenvalue weighted by Crippen LogP contribution is 2.19. The molecule has 0 radical (unpaired) electrons. The van der Waals surface area contributed by atoms with Gasteiger partial charge in [-0.3, -0.25) is 9.69 Å². The molecule has 21 heavy (non-hydrogen) atoms. The second-order valence-corrected chi connectivity index (χ2v) is 6.07. The first-order valence-corrected chi connectivity index (χ1v) is 7.87. The van der Waals surface area contributed by atoms with Gasteiger partial charge in [-0.05, 0) is 36.4 Å². The summed E-state index contributed by atoms with van der Waals surface area (Å²) in [5, 5.41) is 11.9. The largest absolute Gasteiger partial charge is 0.481 e. The first-order valence-electron chi connectivity index (χ1n) is 7.87. The summed E-state index contributed by atoms with van der Waals surface area (Å²) in [7, 11) is 0. The molecule has 1 aromatic carbocycles. The van der Waals surface area contributed by atoms with Crippen molar-refractivity contribution in [2.24, 2.45) is 5.92 Å². The van der Waals surface area contributed by atoms with Gasteiger partial charge in [0, 0.05) is 26.2 Å². The number of benzene rings is 1. The molecule has 2 rings (SSSR count). The summed E-state index contributed by atoms with van der Waals surface area (Å²) in [6.45, 7) is 6.95. The molecule has 0 bridgehead atoms. The molecule has 1 fully saturated rings. The average Bonchev–Trinajstić information content (AvgIpc) is 2.45. The zero-order valence-corrected chi connectivity index (χ0v) is 12.8. The molecule has 4 nitrogen and oxygen atoms in total. The number of hydrogen-bond donors (Lipinski definition) is 2. The maximum Gasteiger partial charge on any atom is 0.304 e. The maximum atomic E-state index is 10.5. The molecule has 0 saturated carbocycles. The number of aliphatic carboxylic acids is 1. The fourth-order valence-corrected chi connectivity index (χ4v) is 2.97. The number of carbonyl (C=O) groups is 1. The highest BCUT2D eigenvalue weighted by molar-refractivity contribution is 5.66. The molecule has 4 heteroatoms. The predicted molar refractivity (Wildman–Crippen MR) is 84.1 cm³/mol. The second kappa shape index (κ2) is 8.15. The van der Waals surface area contributed by atoms with Gasteiger partial charge in [-0.1, -0.05) is 31.2 Å². The van der Waals surface area contributed by atoms with Crippen LogP contribution in [-0.2, 0) is 17.9 Å². The molecular formula is C17H26N2O2. The number of carboxylic acids is 1. The van der Waals surface area contributed by atoms with Crippen LogP contribution in [0.3, 0.4) is 0 Å². The Morgan fingerprint density at radius 2 is 2.14 bits per heavy atom. The van der Waals surface area contributed by atoms with Gasteiger partial charge in [0.25, 0.3) is 0 Å². The summed E-state index contributed by atoms with van der Waals surface area (Å²) in [6, 6.07) is 8.46. The average molecular weight is 290 g/mol. The fraction of sp³-hybridized carbons (Fsp3) is 0.588. The van der Waals surface area contributed by atoms with E-state index in [4.69, 9.17) is 5.11 Å². The van der Waals surface area contributed by atoms with E-state index in [1.54, 1.807) is 0 Å². The third kappa shape index (κ3) is 5.48. The molecule has 1 heterocycles. The van der Waals surface area contributed by atoms with E-state index in [0.717, 1.165) is 19.0 Å². The lowest BCUT2D eigenvalue weighted by Crippen LogP contribution is -2.34. The number of likely N-dealkylation sites (tertiary alicyclic amines) is 1. The molecule has 1 atom stereocenters. The first kappa shape index (κ1) is 16.0. The van der Waals surface area contributed by atoms with Crippen molar-refractivity contribution in [2.45, 2.75) is 39.3 Å². The summed E-state index contributed by atoms with van der Waals surface area (Å²) in [6.07, 6.45) is 2.81. The lowest BCUT2D eigenvalue weighted by Gasteiger charge is -2.31. The zero-order valence-electron chi connectivity index (χ0n) is 12.8. The molecule has 116 valence electrons. The smallest absolute Gasteiger partial charge is 0.304 e. The van der Waals surface area contributed by atoms with Crippen LogP contribution in [0.15, 0.2) is 24.3 Å². The Morgan fingerprint density at radius 3 is 2.86 bits per heavy atom. The Morgan fingerprint density at radius 1 is 1.38 bits per heavy atom. The molecule has 1 aromatic rings. The van der Waals surface area contributed by atoms with Gasteiger partial charge in [-0.15, -0.1) is 0 Å². The number of piperidine rings is 1. The summed E-state index contributed by atoms with van der Waals surface area (Å²) in [5.74, 6) is 0.0395. The van der Waals surface area contributed by atoms with Crippen LogP contribution in [0.5, 0.6) is 0 Å². The van der Waals surface area contributed by atoms with Gasteiger partial charge in [0.2, 0.25) is 0 Å². The van der Waals surface area contributed by atoms with E-state index in [0.29, 0.717) is 6.54 Å². The first-order chi connectivity index (χ1) is 10.1. The minimum atomic E-state index is -0.752. The van der Waals surface area contributed by atoms with E-state index in [1.807, 2.05) is 0 Å². The van der Waals surface area contributed by atoms with Gasteiger partial charge >= 0.3 is 5.97 Å². The van der Waals surface area contributed by atoms with E-state index in [1.165, 1.54) is 37.1 Å². The highest BCUT2D eigenvalue weighted by Gasteiger charge is 2.17. The van der Waals surface area contributed by atoms with E-state index < -0.39 is 5.97 Å². The normalized spacial score (nSPS) is 19.6. The van der Waals surface area contributed by atoms with Crippen molar-refractivity contribution < 1.29 is 9.90 Å². The van der Waals surface area contributed by atoms with Crippen molar-refractivity contribution in [3.8, 4) is 0 Å². The van der Waals surface area contributed by atoms with Crippen molar-refractivity contribution in [1.82, 2.24) is 10.2 Å². The SMILES string of the molecule is CC1CCCN(Cc2ccccc2CNCCC(=O)O)C1. The number of hydrogen-bond acceptors (Lipinski definition) is 3. The van der Waals surface area contributed by atoms with Gasteiger partial charge in [0.1, 0.15) is 0 Å². The van der Waals surface area contributed by atoms with Gasteiger partial charge in [-0.25, -0.2) is 0 Å². The monoisotopic (exact) mass is 290 g/mol. The number of rotatable bonds is 7. The number of nitrogens with one attached hydrogen (secondary N) is 1. The summed E-state index contributed by atoms with van der Waals surface area (Å²) < 4.78 is 0. The zero-order chi connectivity index (χ0) is 15.1. The van der Waals surface area contributed by atoms with Crippen molar-refractivity contribution >= 4 is 5.97 Å². The van der Waals surface area contributed by atoms with Crippen LogP contribution in [0.2, 0.25) is 0 Å². The van der Waals surface area contributed by atoms with Crippen LogP contribution < -0.4 is 5.32 Å². The molecular weight excluding hydrogens is 264 g/mol. The molecule has 0 aromatic heterocycles. The maximum absolute atomic E-state index is 10.5. The number of nitrogens with zero attached hydrogens (tertiary/aromatic N) is 1. The minimum Gasteiger partial charge on any atom is -0.481 e. The van der Waals surface area contributed by atoms with Crippen LogP contribution in [0.25, 0.3) is 0 Å². The summed E-state index contributed by atoms with van der Waals surface area (Å²) in [4.78, 5) is 13.1. The lowest BCUT2D eigenvalue weighted by molar-refractivity contribution is -0.136. The molecule has 1 unspecified atom stereocenters. The molecule has 1 saturated heterocycles. The Bertz CT molecular complexity index is 462. The van der Waals surface area contributed by atoms with Crippen LogP contribution in [0, 0.1) is 5.92 Å². The fourth-order valence-electron chi connectivity index (χ4n) is 2.97. The van der Waals surface area contributed by atoms with Gasteiger partial charge in [0.15, 0.2) is 0 Å². The van der Waals surface area contributed by atoms with Crippen molar-refractivity contribution in [1.29, 1.82) is 0 Å². The standard InChI is InChI=1S/C17H26N2O2/c1-14-5-4-10-19(12-14)13-16-7-3-2-6-15(16)11-18-9-8-17(20)21/h2-3,6-7,14,18H,4-5,8-13H2,1H3,(H,20,21). The predicted octanol–water partition coefficient (Wildman–Crippen LogP) is 2.48. The molecule has 0 amide bonds. The van der Waals surface area contributed by atoms with Crippen LogP contribution in [-0.4, -0.2) is 35.6 Å². The van der Waals surface area contributed by atoms with Gasteiger partial charge in [0.05, 0.1) is 6.42 Å². The highest BCUT2D eigenvalue weighted by atomic mass is 16.4. The molecule has 0 spiro atoms. The Labute approximate surface area is 127 Å². The molecule has 1 aliphatic rings. The third-order valence-electron chi connectivity index (χ3n) is 4.08. The van der Waals surface area contributed by atoms with Crippen molar-refractivity contribution in [2.75, 3.05) is 19.6 Å². The van der Waals surface area contributed by atoms with E-state index in [-0.39, 0.29) is 6.42 Å². The van der Waals surface area contributed by atoms with Crippen molar-refractivity contribution in [3.05, 3.63) is 35.4 Å². The van der Waals surface area contributed by atoms with Crippen LogP contribution >= 0.6 is 0 Å². The summed E-state index contributed by atoms with van der Waals surface area (Å²) in [5.41, 5.74) is 2.63. The summed E-state index contributed by atoms with van der Waals surface area (Å²) >= 11 is 0. The van der Waals surface area contributed by atoms with Gasteiger partial charge < -0.3 is 10.4 Å².